The topological polar surface area (TPSA) is 47.6 Å². The SMILES string of the molecule is CN1CCCC1CNCCN1CCNC1=O. The van der Waals surface area contributed by atoms with Gasteiger partial charge < -0.3 is 20.4 Å². The maximum atomic E-state index is 11.3. The fraction of sp³-hybridized carbons (Fsp3) is 0.909. The van der Waals surface area contributed by atoms with Gasteiger partial charge in [0.1, 0.15) is 0 Å². The molecule has 0 aliphatic carbocycles. The Morgan fingerprint density at radius 2 is 2.38 bits per heavy atom. The van der Waals surface area contributed by atoms with E-state index in [9.17, 15) is 4.79 Å². The Hall–Kier alpha value is -0.810. The minimum Gasteiger partial charge on any atom is -0.336 e. The quantitative estimate of drug-likeness (QED) is 0.633. The number of amides is 2. The van der Waals surface area contributed by atoms with E-state index in [0.717, 1.165) is 32.7 Å². The van der Waals surface area contributed by atoms with E-state index in [-0.39, 0.29) is 6.03 Å². The van der Waals surface area contributed by atoms with Crippen LogP contribution in [-0.2, 0) is 0 Å². The highest BCUT2D eigenvalue weighted by Crippen LogP contribution is 2.13. The lowest BCUT2D eigenvalue weighted by molar-refractivity contribution is 0.216. The van der Waals surface area contributed by atoms with Gasteiger partial charge in [0.15, 0.2) is 0 Å². The zero-order valence-electron chi connectivity index (χ0n) is 10.0. The molecule has 2 aliphatic rings. The Bertz CT molecular complexity index is 246. The van der Waals surface area contributed by atoms with Crippen molar-refractivity contribution in [2.45, 2.75) is 18.9 Å². The molecular formula is C11H22N4O. The summed E-state index contributed by atoms with van der Waals surface area (Å²) in [5.74, 6) is 0. The minimum absolute atomic E-state index is 0.0831. The maximum absolute atomic E-state index is 11.3. The zero-order valence-corrected chi connectivity index (χ0v) is 10.0. The number of rotatable bonds is 5. The molecule has 0 radical (unpaired) electrons. The molecular weight excluding hydrogens is 204 g/mol. The number of nitrogens with zero attached hydrogens (tertiary/aromatic N) is 2. The van der Waals surface area contributed by atoms with Crippen LogP contribution in [0.25, 0.3) is 0 Å². The summed E-state index contributed by atoms with van der Waals surface area (Å²) in [6, 6.07) is 0.771. The molecule has 5 nitrogen and oxygen atoms in total. The van der Waals surface area contributed by atoms with Crippen LogP contribution in [-0.4, -0.2) is 68.2 Å². The fourth-order valence-corrected chi connectivity index (χ4v) is 2.44. The van der Waals surface area contributed by atoms with Crippen molar-refractivity contribution in [1.29, 1.82) is 0 Å². The Labute approximate surface area is 97.2 Å². The molecule has 5 heteroatoms. The van der Waals surface area contributed by atoms with Gasteiger partial charge in [0.2, 0.25) is 0 Å². The summed E-state index contributed by atoms with van der Waals surface area (Å²) in [7, 11) is 2.19. The van der Waals surface area contributed by atoms with Crippen molar-refractivity contribution < 1.29 is 4.79 Å². The average Bonchev–Trinajstić information content (AvgIpc) is 2.84. The van der Waals surface area contributed by atoms with E-state index in [1.54, 1.807) is 0 Å². The highest BCUT2D eigenvalue weighted by molar-refractivity contribution is 5.76. The van der Waals surface area contributed by atoms with E-state index in [4.69, 9.17) is 0 Å². The molecule has 2 rings (SSSR count). The second kappa shape index (κ2) is 5.50. The predicted octanol–water partition coefficient (Wildman–Crippen LogP) is -0.305. The Kier molecular flexibility index (Phi) is 4.01. The van der Waals surface area contributed by atoms with Crippen LogP contribution in [0.15, 0.2) is 0 Å². The standard InChI is InChI=1S/C11H22N4O/c1-14-6-2-3-10(14)9-12-4-7-15-8-5-13-11(15)16/h10,12H,2-9H2,1H3,(H,13,16). The lowest BCUT2D eigenvalue weighted by Crippen LogP contribution is -2.40. The van der Waals surface area contributed by atoms with Crippen LogP contribution >= 0.6 is 0 Å². The Balaban J connectivity index is 1.56. The van der Waals surface area contributed by atoms with Gasteiger partial charge in [-0.2, -0.15) is 0 Å². The second-order valence-electron chi connectivity index (χ2n) is 4.70. The number of likely N-dealkylation sites (tertiary alicyclic amines) is 1. The second-order valence-corrected chi connectivity index (χ2v) is 4.70. The molecule has 16 heavy (non-hydrogen) atoms. The van der Waals surface area contributed by atoms with Gasteiger partial charge in [0.05, 0.1) is 0 Å². The number of urea groups is 1. The first-order chi connectivity index (χ1) is 7.77. The van der Waals surface area contributed by atoms with E-state index in [0.29, 0.717) is 6.04 Å². The Morgan fingerprint density at radius 3 is 3.00 bits per heavy atom. The average molecular weight is 226 g/mol. The van der Waals surface area contributed by atoms with Crippen molar-refractivity contribution >= 4 is 6.03 Å². The third-order valence-electron chi connectivity index (χ3n) is 3.56. The normalized spacial score (nSPS) is 26.4. The summed E-state index contributed by atoms with van der Waals surface area (Å²) in [4.78, 5) is 15.5. The molecule has 0 spiro atoms. The highest BCUT2D eigenvalue weighted by atomic mass is 16.2. The number of carbonyl (C=O) groups excluding carboxylic acids is 1. The number of carbonyl (C=O) groups is 1. The zero-order chi connectivity index (χ0) is 11.4. The molecule has 0 aromatic heterocycles. The minimum atomic E-state index is 0.0831. The number of hydrogen-bond acceptors (Lipinski definition) is 3. The largest absolute Gasteiger partial charge is 0.336 e. The lowest BCUT2D eigenvalue weighted by Gasteiger charge is -2.20. The van der Waals surface area contributed by atoms with Gasteiger partial charge in [-0.1, -0.05) is 0 Å². The summed E-state index contributed by atoms with van der Waals surface area (Å²) in [5.41, 5.74) is 0. The fourth-order valence-electron chi connectivity index (χ4n) is 2.44. The van der Waals surface area contributed by atoms with Gasteiger partial charge in [-0.05, 0) is 26.4 Å². The van der Waals surface area contributed by atoms with Gasteiger partial charge >= 0.3 is 6.03 Å². The van der Waals surface area contributed by atoms with Crippen molar-refractivity contribution in [1.82, 2.24) is 20.4 Å². The molecule has 0 aromatic rings. The third kappa shape index (κ3) is 2.86. The first kappa shape index (κ1) is 11.7. The molecule has 2 heterocycles. The van der Waals surface area contributed by atoms with Crippen LogP contribution in [0.4, 0.5) is 4.79 Å². The molecule has 2 N–H and O–H groups in total. The van der Waals surface area contributed by atoms with Crippen molar-refractivity contribution in [2.75, 3.05) is 46.3 Å². The highest BCUT2D eigenvalue weighted by Gasteiger charge is 2.21. The van der Waals surface area contributed by atoms with Gasteiger partial charge in [-0.3, -0.25) is 0 Å². The van der Waals surface area contributed by atoms with Crippen LogP contribution in [0.5, 0.6) is 0 Å². The summed E-state index contributed by atoms with van der Waals surface area (Å²) < 4.78 is 0. The molecule has 0 bridgehead atoms. The van der Waals surface area contributed by atoms with Crippen LogP contribution in [0.1, 0.15) is 12.8 Å². The smallest absolute Gasteiger partial charge is 0.317 e. The van der Waals surface area contributed by atoms with Gasteiger partial charge in [-0.15, -0.1) is 0 Å². The molecule has 92 valence electrons. The first-order valence-corrected chi connectivity index (χ1v) is 6.21. The van der Waals surface area contributed by atoms with Crippen LogP contribution < -0.4 is 10.6 Å². The molecule has 1 atom stereocenters. The third-order valence-corrected chi connectivity index (χ3v) is 3.56. The van der Waals surface area contributed by atoms with Gasteiger partial charge in [0, 0.05) is 38.8 Å². The van der Waals surface area contributed by atoms with Gasteiger partial charge in [-0.25, -0.2) is 4.79 Å². The van der Waals surface area contributed by atoms with E-state index < -0.39 is 0 Å². The molecule has 2 saturated heterocycles. The van der Waals surface area contributed by atoms with Crippen molar-refractivity contribution in [3.8, 4) is 0 Å². The maximum Gasteiger partial charge on any atom is 0.317 e. The van der Waals surface area contributed by atoms with Crippen molar-refractivity contribution in [2.24, 2.45) is 0 Å². The molecule has 2 fully saturated rings. The summed E-state index contributed by atoms with van der Waals surface area (Å²) in [6.45, 7) is 5.64. The van der Waals surface area contributed by atoms with Crippen molar-refractivity contribution in [3.05, 3.63) is 0 Å². The predicted molar refractivity (Wildman–Crippen MR) is 63.5 cm³/mol. The van der Waals surface area contributed by atoms with Crippen molar-refractivity contribution in [3.63, 3.8) is 0 Å². The van der Waals surface area contributed by atoms with E-state index in [1.807, 2.05) is 4.90 Å². The summed E-state index contributed by atoms with van der Waals surface area (Å²) in [6.07, 6.45) is 2.62. The number of hydrogen-bond donors (Lipinski definition) is 2. The Morgan fingerprint density at radius 1 is 1.50 bits per heavy atom. The van der Waals surface area contributed by atoms with E-state index in [1.165, 1.54) is 19.4 Å². The number of nitrogens with one attached hydrogen (secondary N) is 2. The van der Waals surface area contributed by atoms with Crippen LogP contribution in [0.3, 0.4) is 0 Å². The number of likely N-dealkylation sites (N-methyl/N-ethyl adjacent to an activating group) is 1. The molecule has 0 aromatic carbocycles. The molecule has 2 amide bonds. The monoisotopic (exact) mass is 226 g/mol. The van der Waals surface area contributed by atoms with Crippen LogP contribution in [0.2, 0.25) is 0 Å². The van der Waals surface area contributed by atoms with E-state index >= 15 is 0 Å². The van der Waals surface area contributed by atoms with Gasteiger partial charge in [0.25, 0.3) is 0 Å². The molecule has 1 unspecified atom stereocenters. The lowest BCUT2D eigenvalue weighted by atomic mass is 10.2. The van der Waals surface area contributed by atoms with Crippen LogP contribution in [0, 0.1) is 0 Å². The first-order valence-electron chi connectivity index (χ1n) is 6.21. The summed E-state index contributed by atoms with van der Waals surface area (Å²) in [5, 5.41) is 6.25. The summed E-state index contributed by atoms with van der Waals surface area (Å²) >= 11 is 0. The molecule has 0 saturated carbocycles. The molecule has 2 aliphatic heterocycles. The van der Waals surface area contributed by atoms with E-state index in [2.05, 4.69) is 22.6 Å².